The summed E-state index contributed by atoms with van der Waals surface area (Å²) in [5.74, 6) is 1.88. The lowest BCUT2D eigenvalue weighted by Crippen LogP contribution is -2.05. The normalized spacial score (nSPS) is 15.1. The fraction of sp³-hybridized carbons (Fsp3) is 0.533. The highest BCUT2D eigenvalue weighted by atomic mass is 16.5. The van der Waals surface area contributed by atoms with Gasteiger partial charge in [-0.15, -0.1) is 0 Å². The van der Waals surface area contributed by atoms with Gasteiger partial charge in [-0.1, -0.05) is 13.8 Å². The lowest BCUT2D eigenvalue weighted by molar-refractivity contribution is 0.0967. The van der Waals surface area contributed by atoms with Crippen LogP contribution in [-0.2, 0) is 0 Å². The van der Waals surface area contributed by atoms with Crippen molar-refractivity contribution in [3.05, 3.63) is 29.3 Å². The first-order chi connectivity index (χ1) is 8.13. The Morgan fingerprint density at radius 1 is 1.41 bits per heavy atom. The average Bonchev–Trinajstić information content (AvgIpc) is 3.12. The minimum Gasteiger partial charge on any atom is -0.494 e. The minimum absolute atomic E-state index is 0.285. The van der Waals surface area contributed by atoms with Gasteiger partial charge in [-0.2, -0.15) is 0 Å². The molecule has 0 N–H and O–H groups in total. The molecule has 92 valence electrons. The summed E-state index contributed by atoms with van der Waals surface area (Å²) in [5, 5.41) is 0. The van der Waals surface area contributed by atoms with Crippen molar-refractivity contribution in [3.8, 4) is 5.75 Å². The van der Waals surface area contributed by atoms with E-state index in [0.29, 0.717) is 18.3 Å². The Hall–Kier alpha value is -1.31. The van der Waals surface area contributed by atoms with Gasteiger partial charge in [0.15, 0.2) is 5.78 Å². The molecule has 2 nitrogen and oxygen atoms in total. The van der Waals surface area contributed by atoms with E-state index in [9.17, 15) is 4.79 Å². The van der Waals surface area contributed by atoms with Crippen LogP contribution in [0.2, 0.25) is 0 Å². The van der Waals surface area contributed by atoms with E-state index in [1.165, 1.54) is 0 Å². The summed E-state index contributed by atoms with van der Waals surface area (Å²) >= 11 is 0. The number of rotatable bonds is 5. The molecular formula is C15H20O2. The molecule has 17 heavy (non-hydrogen) atoms. The zero-order valence-electron chi connectivity index (χ0n) is 10.8. The summed E-state index contributed by atoms with van der Waals surface area (Å²) in [7, 11) is 0. The summed E-state index contributed by atoms with van der Waals surface area (Å²) in [6, 6.07) is 5.85. The van der Waals surface area contributed by atoms with Crippen molar-refractivity contribution >= 4 is 5.78 Å². The Kier molecular flexibility index (Phi) is 3.51. The van der Waals surface area contributed by atoms with Gasteiger partial charge in [-0.25, -0.2) is 0 Å². The summed E-state index contributed by atoms with van der Waals surface area (Å²) in [6.45, 7) is 6.90. The van der Waals surface area contributed by atoms with Gasteiger partial charge in [0.05, 0.1) is 6.61 Å². The van der Waals surface area contributed by atoms with E-state index in [4.69, 9.17) is 4.74 Å². The largest absolute Gasteiger partial charge is 0.494 e. The zero-order valence-corrected chi connectivity index (χ0v) is 10.8. The van der Waals surface area contributed by atoms with Crippen molar-refractivity contribution in [2.45, 2.75) is 39.5 Å². The van der Waals surface area contributed by atoms with E-state index in [1.54, 1.807) is 0 Å². The molecule has 0 aliphatic heterocycles. The lowest BCUT2D eigenvalue weighted by atomic mass is 9.97. The van der Waals surface area contributed by atoms with E-state index in [1.807, 2.05) is 25.1 Å². The fourth-order valence-corrected chi connectivity index (χ4v) is 2.02. The summed E-state index contributed by atoms with van der Waals surface area (Å²) in [6.07, 6.45) is 2.12. The number of hydrogen-bond acceptors (Lipinski definition) is 2. The molecule has 2 rings (SSSR count). The Morgan fingerprint density at radius 3 is 2.65 bits per heavy atom. The zero-order chi connectivity index (χ0) is 12.4. The Balaban J connectivity index is 2.30. The quantitative estimate of drug-likeness (QED) is 0.722. The van der Waals surface area contributed by atoms with Crippen LogP contribution in [0.3, 0.4) is 0 Å². The van der Waals surface area contributed by atoms with E-state index in [-0.39, 0.29) is 5.92 Å². The molecule has 1 fully saturated rings. The van der Waals surface area contributed by atoms with Gasteiger partial charge < -0.3 is 4.74 Å². The van der Waals surface area contributed by atoms with Gasteiger partial charge in [0, 0.05) is 11.5 Å². The predicted molar refractivity (Wildman–Crippen MR) is 68.8 cm³/mol. The molecule has 0 heterocycles. The smallest absolute Gasteiger partial charge is 0.165 e. The average molecular weight is 232 g/mol. The molecule has 0 radical (unpaired) electrons. The molecule has 0 amide bonds. The first-order valence-electron chi connectivity index (χ1n) is 6.44. The number of hydrogen-bond donors (Lipinski definition) is 0. The maximum Gasteiger partial charge on any atom is 0.165 e. The molecule has 0 saturated heterocycles. The highest BCUT2D eigenvalue weighted by molar-refractivity contribution is 5.99. The van der Waals surface area contributed by atoms with Gasteiger partial charge in [-0.05, 0) is 49.4 Å². The molecule has 0 atom stereocenters. The molecule has 0 aromatic heterocycles. The predicted octanol–water partition coefficient (Wildman–Crippen LogP) is 3.80. The van der Waals surface area contributed by atoms with Crippen LogP contribution in [0.5, 0.6) is 5.75 Å². The second-order valence-electron chi connectivity index (χ2n) is 4.98. The van der Waals surface area contributed by atoms with Gasteiger partial charge >= 0.3 is 0 Å². The van der Waals surface area contributed by atoms with Crippen LogP contribution in [0.25, 0.3) is 0 Å². The summed E-state index contributed by atoms with van der Waals surface area (Å²) in [5.41, 5.74) is 1.98. The fourth-order valence-electron chi connectivity index (χ4n) is 2.02. The Morgan fingerprint density at radius 2 is 2.12 bits per heavy atom. The molecule has 1 aromatic carbocycles. The van der Waals surface area contributed by atoms with Crippen LogP contribution < -0.4 is 4.74 Å². The third kappa shape index (κ3) is 2.68. The first kappa shape index (κ1) is 12.2. The molecule has 2 heteroatoms. The molecular weight excluding hydrogens is 212 g/mol. The van der Waals surface area contributed by atoms with E-state index in [2.05, 4.69) is 13.8 Å². The van der Waals surface area contributed by atoms with E-state index in [0.717, 1.165) is 29.7 Å². The molecule has 1 aliphatic carbocycles. The van der Waals surface area contributed by atoms with E-state index >= 15 is 0 Å². The highest BCUT2D eigenvalue weighted by Gasteiger charge is 2.30. The van der Waals surface area contributed by atoms with Crippen LogP contribution in [-0.4, -0.2) is 12.4 Å². The second-order valence-corrected chi connectivity index (χ2v) is 4.98. The molecule has 0 unspecified atom stereocenters. The monoisotopic (exact) mass is 232 g/mol. The second kappa shape index (κ2) is 4.91. The lowest BCUT2D eigenvalue weighted by Gasteiger charge is -2.14. The molecule has 0 bridgehead atoms. The number of ether oxygens (including phenoxy) is 1. The topological polar surface area (TPSA) is 26.3 Å². The van der Waals surface area contributed by atoms with Crippen molar-refractivity contribution in [1.82, 2.24) is 0 Å². The van der Waals surface area contributed by atoms with E-state index < -0.39 is 0 Å². The third-order valence-corrected chi connectivity index (χ3v) is 3.16. The Bertz CT molecular complexity index is 417. The van der Waals surface area contributed by atoms with Crippen molar-refractivity contribution in [2.75, 3.05) is 6.61 Å². The van der Waals surface area contributed by atoms with Crippen molar-refractivity contribution in [2.24, 2.45) is 5.92 Å². The van der Waals surface area contributed by atoms with Crippen LogP contribution in [0.15, 0.2) is 18.2 Å². The van der Waals surface area contributed by atoms with Gasteiger partial charge in [-0.3, -0.25) is 4.79 Å². The van der Waals surface area contributed by atoms with Crippen LogP contribution in [0.4, 0.5) is 0 Å². The molecule has 1 aromatic rings. The number of benzene rings is 1. The molecule has 1 aliphatic rings. The summed E-state index contributed by atoms with van der Waals surface area (Å²) in [4.78, 5) is 12.0. The van der Waals surface area contributed by atoms with Crippen molar-refractivity contribution in [1.29, 1.82) is 0 Å². The molecule has 1 saturated carbocycles. The van der Waals surface area contributed by atoms with Crippen molar-refractivity contribution < 1.29 is 9.53 Å². The maximum absolute atomic E-state index is 12.0. The SMILES string of the molecule is CCOc1ccc(C(=O)C2CC2)cc1C(C)C. The standard InChI is InChI=1S/C15H20O2/c1-4-17-14-8-7-12(9-13(14)10(2)3)15(16)11-5-6-11/h7-11H,4-6H2,1-3H3. The number of ketones is 1. The third-order valence-electron chi connectivity index (χ3n) is 3.16. The van der Waals surface area contributed by atoms with Crippen molar-refractivity contribution in [3.63, 3.8) is 0 Å². The maximum atomic E-state index is 12.0. The van der Waals surface area contributed by atoms with Crippen LogP contribution in [0, 0.1) is 5.92 Å². The first-order valence-corrected chi connectivity index (χ1v) is 6.44. The van der Waals surface area contributed by atoms with Gasteiger partial charge in [0.25, 0.3) is 0 Å². The Labute approximate surface area is 103 Å². The molecule has 0 spiro atoms. The number of carbonyl (C=O) groups excluding carboxylic acids is 1. The van der Waals surface area contributed by atoms with Crippen LogP contribution in [0.1, 0.15) is 55.5 Å². The summed E-state index contributed by atoms with van der Waals surface area (Å²) < 4.78 is 5.60. The van der Waals surface area contributed by atoms with Crippen LogP contribution >= 0.6 is 0 Å². The van der Waals surface area contributed by atoms with Gasteiger partial charge in [0.2, 0.25) is 0 Å². The number of carbonyl (C=O) groups is 1. The number of Topliss-reactive ketones (excluding diaryl/α,β-unsaturated/α-hetero) is 1. The highest BCUT2D eigenvalue weighted by Crippen LogP contribution is 2.35. The minimum atomic E-state index is 0.285. The van der Waals surface area contributed by atoms with Gasteiger partial charge in [0.1, 0.15) is 5.75 Å².